The number of pyridine rings is 1. The number of urea groups is 1. The summed E-state index contributed by atoms with van der Waals surface area (Å²) in [5.74, 6) is 2.64. The molecule has 2 N–H and O–H groups in total. The Balaban J connectivity index is 0.000000360. The monoisotopic (exact) mass is 553 g/mol. The molecule has 0 saturated heterocycles. The van der Waals surface area contributed by atoms with E-state index in [-0.39, 0.29) is 0 Å². The van der Waals surface area contributed by atoms with E-state index in [1.807, 2.05) is 11.5 Å². The minimum absolute atomic E-state index is 0.396. The van der Waals surface area contributed by atoms with Crippen molar-refractivity contribution in [2.24, 2.45) is 0 Å². The highest BCUT2D eigenvalue weighted by Crippen LogP contribution is 2.38. The van der Waals surface area contributed by atoms with Crippen LogP contribution in [-0.4, -0.2) is 31.3 Å². The number of sulfonamides is 1. The molecule has 2 amide bonds. The van der Waals surface area contributed by atoms with Crippen LogP contribution in [0.1, 0.15) is 40.7 Å². The molecule has 2 aliphatic rings. The maximum absolute atomic E-state index is 12.8. The Bertz CT molecular complexity index is 1640. The van der Waals surface area contributed by atoms with Crippen LogP contribution in [0.15, 0.2) is 63.8 Å². The van der Waals surface area contributed by atoms with E-state index in [0.717, 1.165) is 67.0 Å². The molecule has 2 aliphatic carbocycles. The minimum Gasteiger partial charge on any atom is -0.307 e. The summed E-state index contributed by atoms with van der Waals surface area (Å²) in [7, 11) is -4.56. The van der Waals surface area contributed by atoms with Gasteiger partial charge in [0.15, 0.2) is 16.9 Å². The van der Waals surface area contributed by atoms with Gasteiger partial charge in [0.05, 0.1) is 5.56 Å². The van der Waals surface area contributed by atoms with Gasteiger partial charge in [-0.25, -0.2) is 24.1 Å². The predicted octanol–water partition coefficient (Wildman–Crippen LogP) is 3.72. The van der Waals surface area contributed by atoms with E-state index in [0.29, 0.717) is 17.8 Å². The lowest BCUT2D eigenvalue weighted by molar-refractivity contribution is -0.137. The fraction of sp³-hybridized carbons (Fsp3) is 0.259. The zero-order valence-electron chi connectivity index (χ0n) is 20.1. The SMILES string of the molecule is O=C(Nc1c2c(cc3c1CCC3)CCC2)NS(=O)(=O)c1cc(C(F)(F)F)ccn1.O=C=C=C=C=C=C=C=C=O. The maximum Gasteiger partial charge on any atom is 0.416 e. The molecule has 1 aromatic heterocycles. The van der Waals surface area contributed by atoms with Crippen LogP contribution in [0.25, 0.3) is 0 Å². The average molecular weight is 554 g/mol. The summed E-state index contributed by atoms with van der Waals surface area (Å²) >= 11 is 0. The fourth-order valence-electron chi connectivity index (χ4n) is 4.19. The number of hydrogen-bond acceptors (Lipinski definition) is 6. The molecule has 1 heterocycles. The summed E-state index contributed by atoms with van der Waals surface area (Å²) in [4.78, 5) is 34.8. The third-order valence-corrected chi connectivity index (χ3v) is 6.92. The standard InChI is InChI=1S/C19H18F3N3O3S.C8O2/c20-19(21,22)13-7-8-23-16(10-13)29(27,28)25-18(26)24-17-14-5-1-3-11(14)9-12-4-2-6-15(12)17;9-7-5-3-1-2-4-6-8-10/h7-10H,1-6H2,(H2,24,25,26);. The van der Waals surface area contributed by atoms with Gasteiger partial charge in [0.25, 0.3) is 10.0 Å². The first-order chi connectivity index (χ1) is 18.6. The molecular weight excluding hydrogens is 535 g/mol. The minimum atomic E-state index is -4.72. The van der Waals surface area contributed by atoms with Crippen LogP contribution < -0.4 is 10.0 Å². The van der Waals surface area contributed by atoms with E-state index < -0.39 is 32.8 Å². The highest BCUT2D eigenvalue weighted by Gasteiger charge is 2.33. The van der Waals surface area contributed by atoms with Crippen molar-refractivity contribution in [2.45, 2.75) is 49.7 Å². The number of nitrogens with one attached hydrogen (secondary N) is 2. The lowest BCUT2D eigenvalue weighted by atomic mass is 9.99. The quantitative estimate of drug-likeness (QED) is 0.441. The molecule has 0 unspecified atom stereocenters. The Kier molecular flexibility index (Phi) is 9.33. The Hall–Kier alpha value is -4.78. The Morgan fingerprint density at radius 1 is 0.846 bits per heavy atom. The van der Waals surface area contributed by atoms with E-state index in [1.54, 1.807) is 4.72 Å². The lowest BCUT2D eigenvalue weighted by Gasteiger charge is -2.16. The largest absolute Gasteiger partial charge is 0.416 e. The Morgan fingerprint density at radius 3 is 1.90 bits per heavy atom. The average Bonchev–Trinajstić information content (AvgIpc) is 3.55. The zero-order valence-corrected chi connectivity index (χ0v) is 20.9. The molecule has 8 nitrogen and oxygen atoms in total. The van der Waals surface area contributed by atoms with Crippen LogP contribution in [0.2, 0.25) is 0 Å². The molecule has 0 bridgehead atoms. The van der Waals surface area contributed by atoms with Crippen molar-refractivity contribution in [3.63, 3.8) is 0 Å². The van der Waals surface area contributed by atoms with Gasteiger partial charge in [0.1, 0.15) is 0 Å². The molecule has 0 spiro atoms. The molecule has 4 rings (SSSR count). The molecule has 0 aliphatic heterocycles. The second-order valence-electron chi connectivity index (χ2n) is 8.13. The molecular formula is C27H18F3N3O5S. The van der Waals surface area contributed by atoms with Crippen LogP contribution in [0.4, 0.5) is 23.7 Å². The molecule has 0 radical (unpaired) electrons. The van der Waals surface area contributed by atoms with Gasteiger partial charge in [-0.1, -0.05) is 6.07 Å². The van der Waals surface area contributed by atoms with Crippen LogP contribution in [0.3, 0.4) is 0 Å². The third kappa shape index (κ3) is 7.61. The molecule has 2 aromatic rings. The summed E-state index contributed by atoms with van der Waals surface area (Å²) in [5.41, 5.74) is 16.3. The van der Waals surface area contributed by atoms with Crippen molar-refractivity contribution < 1.29 is 36.0 Å². The number of rotatable bonds is 3. The van der Waals surface area contributed by atoms with Crippen molar-refractivity contribution in [1.29, 1.82) is 0 Å². The number of aromatic nitrogens is 1. The van der Waals surface area contributed by atoms with Gasteiger partial charge < -0.3 is 5.32 Å². The van der Waals surface area contributed by atoms with Gasteiger partial charge in [-0.15, -0.1) is 0 Å². The van der Waals surface area contributed by atoms with Crippen LogP contribution in [-0.2, 0) is 51.5 Å². The van der Waals surface area contributed by atoms with Gasteiger partial charge in [0.2, 0.25) is 0 Å². The van der Waals surface area contributed by atoms with E-state index in [1.165, 1.54) is 11.9 Å². The van der Waals surface area contributed by atoms with E-state index >= 15 is 0 Å². The summed E-state index contributed by atoms with van der Waals surface area (Å²) < 4.78 is 65.0. The topological polar surface area (TPSA) is 122 Å². The maximum atomic E-state index is 12.8. The number of benzene rings is 1. The number of aryl methyl sites for hydroxylation is 2. The van der Waals surface area contributed by atoms with Crippen molar-refractivity contribution in [3.8, 4) is 0 Å². The smallest absolute Gasteiger partial charge is 0.307 e. The van der Waals surface area contributed by atoms with Crippen molar-refractivity contribution in [1.82, 2.24) is 9.71 Å². The summed E-state index contributed by atoms with van der Waals surface area (Å²) in [5, 5.41) is 1.76. The van der Waals surface area contributed by atoms with E-state index in [4.69, 9.17) is 0 Å². The number of halogens is 3. The number of carbonyl (C=O) groups is 1. The highest BCUT2D eigenvalue weighted by atomic mass is 32.2. The van der Waals surface area contributed by atoms with E-state index in [9.17, 15) is 36.0 Å². The number of nitrogens with zero attached hydrogens (tertiary/aromatic N) is 1. The lowest BCUT2D eigenvalue weighted by Crippen LogP contribution is -2.35. The van der Waals surface area contributed by atoms with Crippen LogP contribution in [0.5, 0.6) is 0 Å². The molecule has 0 saturated carbocycles. The summed E-state index contributed by atoms with van der Waals surface area (Å²) in [6.07, 6.45) is 1.34. The highest BCUT2D eigenvalue weighted by molar-refractivity contribution is 7.90. The van der Waals surface area contributed by atoms with Crippen molar-refractivity contribution in [2.75, 3.05) is 5.32 Å². The molecule has 0 fully saturated rings. The molecule has 1 aromatic carbocycles. The van der Waals surface area contributed by atoms with Crippen LogP contribution >= 0.6 is 0 Å². The first kappa shape index (κ1) is 28.8. The number of fused-ring (bicyclic) bond motifs is 2. The van der Waals surface area contributed by atoms with E-state index in [2.05, 4.69) is 39.3 Å². The summed E-state index contributed by atoms with van der Waals surface area (Å²) in [6, 6.07) is 2.21. The first-order valence-electron chi connectivity index (χ1n) is 11.3. The number of alkyl halides is 3. The Labute approximate surface area is 221 Å². The Morgan fingerprint density at radius 2 is 1.38 bits per heavy atom. The number of hydrogen-bond donors (Lipinski definition) is 2. The second kappa shape index (κ2) is 12.6. The predicted molar refractivity (Wildman–Crippen MR) is 132 cm³/mol. The number of carbonyl (C=O) groups excluding carboxylic acids is 3. The zero-order chi connectivity index (χ0) is 28.5. The number of anilines is 1. The van der Waals surface area contributed by atoms with Gasteiger partial charge in [-0.3, -0.25) is 0 Å². The van der Waals surface area contributed by atoms with Crippen molar-refractivity contribution in [3.05, 3.63) is 86.6 Å². The second-order valence-corrected chi connectivity index (χ2v) is 9.76. The normalized spacial score (nSPS) is 12.6. The van der Waals surface area contributed by atoms with Crippen molar-refractivity contribution >= 4 is 33.6 Å². The molecule has 0 atom stereocenters. The first-order valence-corrected chi connectivity index (χ1v) is 12.8. The molecule has 39 heavy (non-hydrogen) atoms. The van der Waals surface area contributed by atoms with Gasteiger partial charge in [0, 0.05) is 46.3 Å². The van der Waals surface area contributed by atoms with Gasteiger partial charge in [-0.05, 0) is 72.9 Å². The molecule has 12 heteroatoms. The molecule has 198 valence electrons. The van der Waals surface area contributed by atoms with Gasteiger partial charge in [-0.2, -0.15) is 21.6 Å². The van der Waals surface area contributed by atoms with Gasteiger partial charge >= 0.3 is 12.2 Å². The van der Waals surface area contributed by atoms with Crippen LogP contribution in [0, 0.1) is 0 Å². The fourth-order valence-corrected chi connectivity index (χ4v) is 5.07. The third-order valence-electron chi connectivity index (χ3n) is 5.69. The number of amides is 2. The summed E-state index contributed by atoms with van der Waals surface area (Å²) in [6.45, 7) is 0.